The highest BCUT2D eigenvalue weighted by Crippen LogP contribution is 2.38. The van der Waals surface area contributed by atoms with E-state index < -0.39 is 0 Å². The van der Waals surface area contributed by atoms with Crippen LogP contribution in [0.25, 0.3) is 0 Å². The first-order valence-corrected chi connectivity index (χ1v) is 8.92. The first-order chi connectivity index (χ1) is 11.8. The Morgan fingerprint density at radius 1 is 0.917 bits per heavy atom. The van der Waals surface area contributed by atoms with E-state index in [-0.39, 0.29) is 6.10 Å². The zero-order chi connectivity index (χ0) is 16.4. The SMILES string of the molecule is OC1C[C@@H]2CN(Cc3cccc(OCc4ccccc4)c3)C[C@@H]2C1. The van der Waals surface area contributed by atoms with Crippen LogP contribution >= 0.6 is 0 Å². The number of nitrogens with zero attached hydrogens (tertiary/aromatic N) is 1. The molecular formula is C21H25NO2. The van der Waals surface area contributed by atoms with Gasteiger partial charge in [-0.2, -0.15) is 0 Å². The second kappa shape index (κ2) is 6.96. The summed E-state index contributed by atoms with van der Waals surface area (Å²) in [6, 6.07) is 18.7. The van der Waals surface area contributed by atoms with E-state index in [0.29, 0.717) is 18.4 Å². The largest absolute Gasteiger partial charge is 0.489 e. The molecule has 1 unspecified atom stereocenters. The Morgan fingerprint density at radius 3 is 2.38 bits per heavy atom. The number of aliphatic hydroxyl groups excluding tert-OH is 1. The van der Waals surface area contributed by atoms with Gasteiger partial charge in [0.05, 0.1) is 6.10 Å². The minimum Gasteiger partial charge on any atom is -0.489 e. The summed E-state index contributed by atoms with van der Waals surface area (Å²) in [6.07, 6.45) is 1.92. The molecule has 3 nitrogen and oxygen atoms in total. The first kappa shape index (κ1) is 15.7. The average molecular weight is 323 g/mol. The lowest BCUT2D eigenvalue weighted by Gasteiger charge is -2.18. The number of fused-ring (bicyclic) bond motifs is 1. The zero-order valence-corrected chi connectivity index (χ0v) is 14.0. The second-order valence-electron chi connectivity index (χ2n) is 7.26. The number of hydrogen-bond acceptors (Lipinski definition) is 3. The fourth-order valence-electron chi connectivity index (χ4n) is 4.23. The molecule has 3 atom stereocenters. The number of ether oxygens (including phenoxy) is 1. The molecule has 1 aliphatic heterocycles. The number of hydrogen-bond donors (Lipinski definition) is 1. The highest BCUT2D eigenvalue weighted by Gasteiger charge is 2.39. The van der Waals surface area contributed by atoms with Crippen molar-refractivity contribution in [3.63, 3.8) is 0 Å². The third kappa shape index (κ3) is 3.63. The van der Waals surface area contributed by atoms with Crippen molar-refractivity contribution in [2.75, 3.05) is 13.1 Å². The van der Waals surface area contributed by atoms with Gasteiger partial charge in [0, 0.05) is 19.6 Å². The smallest absolute Gasteiger partial charge is 0.120 e. The molecule has 126 valence electrons. The van der Waals surface area contributed by atoms with Crippen LogP contribution in [0.2, 0.25) is 0 Å². The van der Waals surface area contributed by atoms with E-state index in [0.717, 1.165) is 38.2 Å². The molecule has 0 amide bonds. The van der Waals surface area contributed by atoms with Crippen LogP contribution in [0.1, 0.15) is 24.0 Å². The van der Waals surface area contributed by atoms with Crippen LogP contribution in [0.5, 0.6) is 5.75 Å². The third-order valence-corrected chi connectivity index (χ3v) is 5.35. The molecule has 0 spiro atoms. The Labute approximate surface area is 143 Å². The summed E-state index contributed by atoms with van der Waals surface area (Å²) >= 11 is 0. The van der Waals surface area contributed by atoms with Crippen LogP contribution in [-0.4, -0.2) is 29.2 Å². The molecule has 1 N–H and O–H groups in total. The van der Waals surface area contributed by atoms with Crippen molar-refractivity contribution in [1.29, 1.82) is 0 Å². The minimum absolute atomic E-state index is 0.0585. The third-order valence-electron chi connectivity index (χ3n) is 5.35. The number of rotatable bonds is 5. The van der Waals surface area contributed by atoms with Crippen molar-refractivity contribution in [3.05, 3.63) is 65.7 Å². The molecule has 2 aromatic rings. The molecule has 0 bridgehead atoms. The molecule has 1 aliphatic carbocycles. The Hall–Kier alpha value is -1.84. The van der Waals surface area contributed by atoms with Crippen molar-refractivity contribution in [1.82, 2.24) is 4.90 Å². The van der Waals surface area contributed by atoms with Gasteiger partial charge < -0.3 is 9.84 Å². The molecular weight excluding hydrogens is 298 g/mol. The molecule has 4 rings (SSSR count). The molecule has 1 saturated heterocycles. The summed E-state index contributed by atoms with van der Waals surface area (Å²) in [5, 5.41) is 9.77. The predicted octanol–water partition coefficient (Wildman–Crippen LogP) is 3.47. The molecule has 3 heteroatoms. The number of benzene rings is 2. The number of likely N-dealkylation sites (tertiary alicyclic amines) is 1. The maximum absolute atomic E-state index is 9.77. The minimum atomic E-state index is -0.0585. The van der Waals surface area contributed by atoms with E-state index in [1.807, 2.05) is 24.3 Å². The van der Waals surface area contributed by atoms with Gasteiger partial charge in [-0.25, -0.2) is 0 Å². The quantitative estimate of drug-likeness (QED) is 0.914. The van der Waals surface area contributed by atoms with Crippen LogP contribution in [0.3, 0.4) is 0 Å². The lowest BCUT2D eigenvalue weighted by molar-refractivity contribution is 0.161. The van der Waals surface area contributed by atoms with Gasteiger partial charge in [-0.1, -0.05) is 42.5 Å². The van der Waals surface area contributed by atoms with Crippen molar-refractivity contribution >= 4 is 0 Å². The monoisotopic (exact) mass is 323 g/mol. The van der Waals surface area contributed by atoms with Crippen LogP contribution in [-0.2, 0) is 13.2 Å². The van der Waals surface area contributed by atoms with E-state index in [2.05, 4.69) is 35.2 Å². The van der Waals surface area contributed by atoms with Crippen molar-refractivity contribution in [2.45, 2.75) is 32.1 Å². The summed E-state index contributed by atoms with van der Waals surface area (Å²) in [6.45, 7) is 3.83. The first-order valence-electron chi connectivity index (χ1n) is 8.92. The van der Waals surface area contributed by atoms with Gasteiger partial charge in [0.25, 0.3) is 0 Å². The second-order valence-corrected chi connectivity index (χ2v) is 7.26. The molecule has 2 aliphatic rings. The van der Waals surface area contributed by atoms with Gasteiger partial charge in [-0.05, 0) is 47.9 Å². The summed E-state index contributed by atoms with van der Waals surface area (Å²) in [4.78, 5) is 2.53. The van der Waals surface area contributed by atoms with E-state index >= 15 is 0 Å². The number of aliphatic hydroxyl groups is 1. The van der Waals surface area contributed by atoms with E-state index in [4.69, 9.17) is 4.74 Å². The Balaban J connectivity index is 1.33. The lowest BCUT2D eigenvalue weighted by atomic mass is 10.0. The highest BCUT2D eigenvalue weighted by molar-refractivity contribution is 5.29. The van der Waals surface area contributed by atoms with Crippen molar-refractivity contribution < 1.29 is 9.84 Å². The zero-order valence-electron chi connectivity index (χ0n) is 14.0. The molecule has 2 fully saturated rings. The Bertz CT molecular complexity index is 659. The molecule has 2 aromatic carbocycles. The van der Waals surface area contributed by atoms with Gasteiger partial charge in [0.2, 0.25) is 0 Å². The Morgan fingerprint density at radius 2 is 1.62 bits per heavy atom. The van der Waals surface area contributed by atoms with Gasteiger partial charge in [-0.15, -0.1) is 0 Å². The summed E-state index contributed by atoms with van der Waals surface area (Å²) in [7, 11) is 0. The normalized spacial score (nSPS) is 26.5. The Kier molecular flexibility index (Phi) is 4.54. The van der Waals surface area contributed by atoms with Crippen LogP contribution in [0.4, 0.5) is 0 Å². The maximum atomic E-state index is 9.77. The van der Waals surface area contributed by atoms with Crippen molar-refractivity contribution in [3.8, 4) is 5.75 Å². The van der Waals surface area contributed by atoms with E-state index in [1.54, 1.807) is 0 Å². The van der Waals surface area contributed by atoms with Crippen molar-refractivity contribution in [2.24, 2.45) is 11.8 Å². The molecule has 1 heterocycles. The fraction of sp³-hybridized carbons (Fsp3) is 0.429. The highest BCUT2D eigenvalue weighted by atomic mass is 16.5. The lowest BCUT2D eigenvalue weighted by Crippen LogP contribution is -2.22. The van der Waals surface area contributed by atoms with Gasteiger partial charge in [0.15, 0.2) is 0 Å². The maximum Gasteiger partial charge on any atom is 0.120 e. The fourth-order valence-corrected chi connectivity index (χ4v) is 4.23. The van der Waals surface area contributed by atoms with E-state index in [1.165, 1.54) is 11.1 Å². The van der Waals surface area contributed by atoms with Gasteiger partial charge in [-0.3, -0.25) is 4.90 Å². The van der Waals surface area contributed by atoms with Crippen LogP contribution < -0.4 is 4.74 Å². The van der Waals surface area contributed by atoms with Gasteiger partial charge >= 0.3 is 0 Å². The summed E-state index contributed by atoms with van der Waals surface area (Å²) in [5.41, 5.74) is 2.50. The van der Waals surface area contributed by atoms with Gasteiger partial charge in [0.1, 0.15) is 12.4 Å². The molecule has 0 aromatic heterocycles. The summed E-state index contributed by atoms with van der Waals surface area (Å²) in [5.74, 6) is 2.32. The molecule has 0 radical (unpaired) electrons. The van der Waals surface area contributed by atoms with Crippen LogP contribution in [0, 0.1) is 11.8 Å². The molecule has 1 saturated carbocycles. The van der Waals surface area contributed by atoms with E-state index in [9.17, 15) is 5.11 Å². The predicted molar refractivity (Wildman–Crippen MR) is 94.7 cm³/mol. The summed E-state index contributed by atoms with van der Waals surface area (Å²) < 4.78 is 5.93. The van der Waals surface area contributed by atoms with Crippen LogP contribution in [0.15, 0.2) is 54.6 Å². The standard InChI is InChI=1S/C21H25NO2/c23-20-10-18-13-22(14-19(18)11-20)12-17-7-4-8-21(9-17)24-15-16-5-2-1-3-6-16/h1-9,18-20,23H,10-15H2/t18-,19+,20?. The topological polar surface area (TPSA) is 32.7 Å². The molecule has 24 heavy (non-hydrogen) atoms. The average Bonchev–Trinajstić information content (AvgIpc) is 3.11.